The molecule has 1 aromatic rings. The van der Waals surface area contributed by atoms with Gasteiger partial charge in [0.1, 0.15) is 0 Å². The maximum Gasteiger partial charge on any atom is 0.416 e. The quantitative estimate of drug-likeness (QED) is 0.765. The summed E-state index contributed by atoms with van der Waals surface area (Å²) >= 11 is 0. The van der Waals surface area contributed by atoms with Crippen molar-refractivity contribution in [2.45, 2.75) is 25.2 Å². The third kappa shape index (κ3) is 4.53. The van der Waals surface area contributed by atoms with E-state index in [-0.39, 0.29) is 13.1 Å². The molecule has 7 heteroatoms. The molecule has 0 heterocycles. The van der Waals surface area contributed by atoms with Gasteiger partial charge in [-0.1, -0.05) is 18.2 Å². The number of carboxylic acids is 1. The molecule has 0 aliphatic rings. The summed E-state index contributed by atoms with van der Waals surface area (Å²) in [5, 5.41) is 20.7. The van der Waals surface area contributed by atoms with Gasteiger partial charge in [-0.2, -0.15) is 13.2 Å². The van der Waals surface area contributed by atoms with E-state index in [9.17, 15) is 23.1 Å². The van der Waals surface area contributed by atoms with Gasteiger partial charge in [-0.3, -0.25) is 0 Å². The highest BCUT2D eigenvalue weighted by Crippen LogP contribution is 2.29. The molecular weight excluding hydrogens is 263 g/mol. The van der Waals surface area contributed by atoms with Gasteiger partial charge in [0.25, 0.3) is 0 Å². The third-order valence-corrected chi connectivity index (χ3v) is 2.51. The van der Waals surface area contributed by atoms with Crippen LogP contribution in [-0.2, 0) is 17.5 Å². The second-order valence-electron chi connectivity index (χ2n) is 4.38. The van der Waals surface area contributed by atoms with Gasteiger partial charge in [0.2, 0.25) is 0 Å². The van der Waals surface area contributed by atoms with Crippen LogP contribution in [0.4, 0.5) is 13.2 Å². The summed E-state index contributed by atoms with van der Waals surface area (Å²) in [6, 6.07) is 4.69. The lowest BCUT2D eigenvalue weighted by atomic mass is 10.1. The molecule has 0 spiro atoms. The van der Waals surface area contributed by atoms with Gasteiger partial charge in [-0.05, 0) is 18.6 Å². The second kappa shape index (κ2) is 5.58. The molecule has 106 valence electrons. The second-order valence-corrected chi connectivity index (χ2v) is 4.38. The van der Waals surface area contributed by atoms with Crippen molar-refractivity contribution in [3.63, 3.8) is 0 Å². The maximum absolute atomic E-state index is 12.4. The Bertz CT molecular complexity index is 458. The number of halogens is 3. The van der Waals surface area contributed by atoms with E-state index in [4.69, 9.17) is 5.11 Å². The number of benzene rings is 1. The lowest BCUT2D eigenvalue weighted by Gasteiger charge is -2.18. The molecule has 0 aromatic heterocycles. The summed E-state index contributed by atoms with van der Waals surface area (Å²) in [6.45, 7) is 0.875. The van der Waals surface area contributed by atoms with E-state index in [1.807, 2.05) is 0 Å². The number of rotatable bonds is 5. The number of hydrogen-bond acceptors (Lipinski definition) is 3. The predicted molar refractivity (Wildman–Crippen MR) is 61.4 cm³/mol. The fraction of sp³-hybridized carbons (Fsp3) is 0.417. The molecule has 19 heavy (non-hydrogen) atoms. The largest absolute Gasteiger partial charge is 0.479 e. The number of carbonyl (C=O) groups is 1. The van der Waals surface area contributed by atoms with Crippen molar-refractivity contribution in [1.29, 1.82) is 0 Å². The summed E-state index contributed by atoms with van der Waals surface area (Å²) in [4.78, 5) is 10.6. The van der Waals surface area contributed by atoms with E-state index in [0.717, 1.165) is 19.1 Å². The summed E-state index contributed by atoms with van der Waals surface area (Å²) in [6.07, 6.45) is -4.41. The fourth-order valence-corrected chi connectivity index (χ4v) is 1.38. The van der Waals surface area contributed by atoms with Crippen molar-refractivity contribution in [3.8, 4) is 0 Å². The predicted octanol–water partition coefficient (Wildman–Crippen LogP) is 1.63. The number of aliphatic hydroxyl groups is 1. The highest BCUT2D eigenvalue weighted by Gasteiger charge is 2.31. The zero-order valence-corrected chi connectivity index (χ0v) is 10.2. The van der Waals surface area contributed by atoms with Gasteiger partial charge in [0.05, 0.1) is 5.56 Å². The number of aliphatic carboxylic acids is 1. The average Bonchev–Trinajstić information content (AvgIpc) is 2.28. The maximum atomic E-state index is 12.4. The van der Waals surface area contributed by atoms with E-state index in [1.165, 1.54) is 12.1 Å². The van der Waals surface area contributed by atoms with Crippen molar-refractivity contribution in [2.75, 3.05) is 6.54 Å². The molecule has 4 nitrogen and oxygen atoms in total. The minimum absolute atomic E-state index is 0.0351. The Morgan fingerprint density at radius 1 is 1.37 bits per heavy atom. The van der Waals surface area contributed by atoms with Crippen LogP contribution in [0.25, 0.3) is 0 Å². The first-order valence-corrected chi connectivity index (χ1v) is 5.45. The van der Waals surface area contributed by atoms with Crippen LogP contribution in [0.5, 0.6) is 0 Å². The van der Waals surface area contributed by atoms with Crippen molar-refractivity contribution < 1.29 is 28.2 Å². The Kier molecular flexibility index (Phi) is 4.54. The lowest BCUT2D eigenvalue weighted by molar-refractivity contribution is -0.156. The van der Waals surface area contributed by atoms with Crippen LogP contribution in [-0.4, -0.2) is 28.3 Å². The topological polar surface area (TPSA) is 69.6 Å². The van der Waals surface area contributed by atoms with Crippen LogP contribution in [0.3, 0.4) is 0 Å². The molecule has 0 saturated heterocycles. The highest BCUT2D eigenvalue weighted by atomic mass is 19.4. The molecule has 0 aliphatic carbocycles. The standard InChI is InChI=1S/C12H14F3NO3/c1-11(19,10(17)18)7-16-6-8-3-2-4-9(5-8)12(13,14)15/h2-5,16,19H,6-7H2,1H3,(H,17,18). The van der Waals surface area contributed by atoms with Crippen LogP contribution in [0.1, 0.15) is 18.1 Å². The Morgan fingerprint density at radius 3 is 2.53 bits per heavy atom. The molecule has 0 radical (unpaired) electrons. The number of carboxylic acid groups (broad SMARTS) is 1. The summed E-state index contributed by atoms with van der Waals surface area (Å²) in [5.41, 5.74) is -2.37. The molecule has 0 fully saturated rings. The smallest absolute Gasteiger partial charge is 0.416 e. The normalized spacial score (nSPS) is 15.0. The monoisotopic (exact) mass is 277 g/mol. The molecule has 3 N–H and O–H groups in total. The zero-order valence-electron chi connectivity index (χ0n) is 10.2. The molecular formula is C12H14F3NO3. The molecule has 0 saturated carbocycles. The van der Waals surface area contributed by atoms with Gasteiger partial charge in [-0.15, -0.1) is 0 Å². The van der Waals surface area contributed by atoms with Crippen LogP contribution < -0.4 is 5.32 Å². The Morgan fingerprint density at radius 2 is 2.00 bits per heavy atom. The van der Waals surface area contributed by atoms with Gasteiger partial charge >= 0.3 is 12.1 Å². The van der Waals surface area contributed by atoms with Crippen LogP contribution in [0, 0.1) is 0 Å². The van der Waals surface area contributed by atoms with Crippen molar-refractivity contribution in [2.24, 2.45) is 0 Å². The molecule has 1 rings (SSSR count). The SMILES string of the molecule is CC(O)(CNCc1cccc(C(F)(F)F)c1)C(=O)O. The van der Waals surface area contributed by atoms with E-state index in [1.54, 1.807) is 0 Å². The number of nitrogens with one attached hydrogen (secondary N) is 1. The van der Waals surface area contributed by atoms with E-state index >= 15 is 0 Å². The molecule has 0 amide bonds. The van der Waals surface area contributed by atoms with Crippen LogP contribution in [0.15, 0.2) is 24.3 Å². The summed E-state index contributed by atoms with van der Waals surface area (Å²) in [7, 11) is 0. The van der Waals surface area contributed by atoms with Gasteiger partial charge in [0.15, 0.2) is 5.60 Å². The first kappa shape index (κ1) is 15.5. The van der Waals surface area contributed by atoms with Crippen LogP contribution >= 0.6 is 0 Å². The highest BCUT2D eigenvalue weighted by molar-refractivity contribution is 5.76. The Balaban J connectivity index is 2.62. The fourth-order valence-electron chi connectivity index (χ4n) is 1.38. The lowest BCUT2D eigenvalue weighted by Crippen LogP contribution is -2.44. The molecule has 1 unspecified atom stereocenters. The molecule has 1 atom stereocenters. The van der Waals surface area contributed by atoms with Gasteiger partial charge in [0, 0.05) is 13.1 Å². The first-order chi connectivity index (χ1) is 8.63. The minimum Gasteiger partial charge on any atom is -0.479 e. The van der Waals surface area contributed by atoms with E-state index in [0.29, 0.717) is 5.56 Å². The third-order valence-electron chi connectivity index (χ3n) is 2.51. The first-order valence-electron chi connectivity index (χ1n) is 5.45. The van der Waals surface area contributed by atoms with Crippen LogP contribution in [0.2, 0.25) is 0 Å². The Labute approximate surface area is 107 Å². The number of alkyl halides is 3. The zero-order chi connectivity index (χ0) is 14.7. The van der Waals surface area contributed by atoms with E-state index in [2.05, 4.69) is 5.32 Å². The Hall–Kier alpha value is -1.60. The average molecular weight is 277 g/mol. The van der Waals surface area contributed by atoms with E-state index < -0.39 is 23.3 Å². The van der Waals surface area contributed by atoms with Crippen molar-refractivity contribution in [3.05, 3.63) is 35.4 Å². The minimum atomic E-state index is -4.41. The van der Waals surface area contributed by atoms with Gasteiger partial charge in [-0.25, -0.2) is 4.79 Å². The molecule has 0 aliphatic heterocycles. The van der Waals surface area contributed by atoms with Gasteiger partial charge < -0.3 is 15.5 Å². The number of hydrogen-bond donors (Lipinski definition) is 3. The molecule has 0 bridgehead atoms. The van der Waals surface area contributed by atoms with Crippen molar-refractivity contribution in [1.82, 2.24) is 5.32 Å². The molecule has 1 aromatic carbocycles. The summed E-state index contributed by atoms with van der Waals surface area (Å²) < 4.78 is 37.3. The summed E-state index contributed by atoms with van der Waals surface area (Å²) in [5.74, 6) is -1.40. The van der Waals surface area contributed by atoms with Crippen molar-refractivity contribution >= 4 is 5.97 Å².